The van der Waals surface area contributed by atoms with Crippen molar-refractivity contribution >= 4 is 5.69 Å². The van der Waals surface area contributed by atoms with Gasteiger partial charge in [0.15, 0.2) is 0 Å². The van der Waals surface area contributed by atoms with E-state index >= 15 is 0 Å². The van der Waals surface area contributed by atoms with Crippen LogP contribution in [0.4, 0.5) is 5.69 Å². The zero-order chi connectivity index (χ0) is 12.8. The lowest BCUT2D eigenvalue weighted by atomic mass is 10.2. The van der Waals surface area contributed by atoms with Crippen LogP contribution in [0, 0.1) is 0 Å². The van der Waals surface area contributed by atoms with E-state index in [1.165, 1.54) is 5.69 Å². The third-order valence-electron chi connectivity index (χ3n) is 2.96. The summed E-state index contributed by atoms with van der Waals surface area (Å²) in [7, 11) is 0. The average Bonchev–Trinajstić information content (AvgIpc) is 2.88. The van der Waals surface area contributed by atoms with Gasteiger partial charge in [0.05, 0.1) is 0 Å². The molecule has 0 bridgehead atoms. The number of aromatic nitrogens is 3. The van der Waals surface area contributed by atoms with Gasteiger partial charge in [-0.1, -0.05) is 18.2 Å². The van der Waals surface area contributed by atoms with Crippen LogP contribution >= 0.6 is 0 Å². The molecule has 0 saturated heterocycles. The Morgan fingerprint density at radius 2 is 2.00 bits per heavy atom. The second kappa shape index (κ2) is 6.19. The standard InChI is InChI=1S/C14H20N4/c1-13(2)18(14-7-4-3-5-8-14)10-6-9-17-12-15-11-16-17/h3-5,7-8,11-13H,6,9-10H2,1-2H3. The fourth-order valence-corrected chi connectivity index (χ4v) is 2.06. The predicted molar refractivity (Wildman–Crippen MR) is 73.6 cm³/mol. The van der Waals surface area contributed by atoms with Crippen molar-refractivity contribution in [3.05, 3.63) is 43.0 Å². The minimum absolute atomic E-state index is 0.503. The molecule has 0 aliphatic carbocycles. The van der Waals surface area contributed by atoms with Crippen molar-refractivity contribution in [1.29, 1.82) is 0 Å². The highest BCUT2D eigenvalue weighted by molar-refractivity contribution is 5.46. The Balaban J connectivity index is 1.91. The third-order valence-corrected chi connectivity index (χ3v) is 2.96. The molecule has 2 rings (SSSR count). The topological polar surface area (TPSA) is 34.0 Å². The van der Waals surface area contributed by atoms with E-state index in [4.69, 9.17) is 0 Å². The maximum absolute atomic E-state index is 4.12. The van der Waals surface area contributed by atoms with E-state index in [2.05, 4.69) is 59.2 Å². The van der Waals surface area contributed by atoms with Crippen molar-refractivity contribution in [3.63, 3.8) is 0 Å². The summed E-state index contributed by atoms with van der Waals surface area (Å²) < 4.78 is 1.88. The SMILES string of the molecule is CC(C)N(CCCn1cncn1)c1ccccc1. The highest BCUT2D eigenvalue weighted by Crippen LogP contribution is 2.16. The molecule has 1 aromatic heterocycles. The Bertz CT molecular complexity index is 436. The number of nitrogens with zero attached hydrogens (tertiary/aromatic N) is 4. The van der Waals surface area contributed by atoms with E-state index in [1.807, 2.05) is 4.68 Å². The molecule has 0 aliphatic heterocycles. The number of benzene rings is 1. The quantitative estimate of drug-likeness (QED) is 0.783. The van der Waals surface area contributed by atoms with E-state index in [9.17, 15) is 0 Å². The van der Waals surface area contributed by atoms with Crippen LogP contribution in [0.3, 0.4) is 0 Å². The summed E-state index contributed by atoms with van der Waals surface area (Å²) >= 11 is 0. The van der Waals surface area contributed by atoms with Crippen LogP contribution in [0.5, 0.6) is 0 Å². The molecule has 0 unspecified atom stereocenters. The monoisotopic (exact) mass is 244 g/mol. The zero-order valence-corrected chi connectivity index (χ0v) is 11.0. The van der Waals surface area contributed by atoms with E-state index in [0.29, 0.717) is 6.04 Å². The lowest BCUT2D eigenvalue weighted by molar-refractivity contribution is 0.553. The molecule has 0 spiro atoms. The average molecular weight is 244 g/mol. The zero-order valence-electron chi connectivity index (χ0n) is 11.0. The van der Waals surface area contributed by atoms with Crippen LogP contribution in [0.15, 0.2) is 43.0 Å². The highest BCUT2D eigenvalue weighted by Gasteiger charge is 2.09. The van der Waals surface area contributed by atoms with Gasteiger partial charge in [-0.05, 0) is 32.4 Å². The third kappa shape index (κ3) is 3.32. The van der Waals surface area contributed by atoms with E-state index in [0.717, 1.165) is 19.5 Å². The van der Waals surface area contributed by atoms with E-state index < -0.39 is 0 Å². The number of hydrogen-bond donors (Lipinski definition) is 0. The van der Waals surface area contributed by atoms with Gasteiger partial charge >= 0.3 is 0 Å². The van der Waals surface area contributed by atoms with Gasteiger partial charge in [-0.25, -0.2) is 4.98 Å². The molecule has 0 amide bonds. The molecule has 0 radical (unpaired) electrons. The molecule has 2 aromatic rings. The molecule has 0 saturated carbocycles. The molecule has 18 heavy (non-hydrogen) atoms. The lowest BCUT2D eigenvalue weighted by Gasteiger charge is -2.29. The van der Waals surface area contributed by atoms with Crippen molar-refractivity contribution in [2.75, 3.05) is 11.4 Å². The largest absolute Gasteiger partial charge is 0.369 e. The minimum atomic E-state index is 0.503. The molecular formula is C14H20N4. The van der Waals surface area contributed by atoms with Gasteiger partial charge < -0.3 is 4.90 Å². The second-order valence-electron chi connectivity index (χ2n) is 4.63. The Morgan fingerprint density at radius 1 is 1.22 bits per heavy atom. The minimum Gasteiger partial charge on any atom is -0.369 e. The molecule has 0 aliphatic rings. The van der Waals surface area contributed by atoms with Gasteiger partial charge in [-0.2, -0.15) is 5.10 Å². The summed E-state index contributed by atoms with van der Waals surface area (Å²) in [5, 5.41) is 4.12. The first kappa shape index (κ1) is 12.6. The van der Waals surface area contributed by atoms with Gasteiger partial charge in [-0.15, -0.1) is 0 Å². The number of para-hydroxylation sites is 1. The second-order valence-corrected chi connectivity index (χ2v) is 4.63. The molecule has 0 fully saturated rings. The predicted octanol–water partition coefficient (Wildman–Crippen LogP) is 2.58. The number of hydrogen-bond acceptors (Lipinski definition) is 3. The van der Waals surface area contributed by atoms with Crippen LogP contribution in [0.2, 0.25) is 0 Å². The summed E-state index contributed by atoms with van der Waals surface area (Å²) in [6, 6.07) is 11.1. The smallest absolute Gasteiger partial charge is 0.137 e. The summed E-state index contributed by atoms with van der Waals surface area (Å²) in [4.78, 5) is 6.37. The molecular weight excluding hydrogens is 224 g/mol. The van der Waals surface area contributed by atoms with Crippen LogP contribution in [0.25, 0.3) is 0 Å². The van der Waals surface area contributed by atoms with Crippen molar-refractivity contribution < 1.29 is 0 Å². The Kier molecular flexibility index (Phi) is 4.34. The highest BCUT2D eigenvalue weighted by atomic mass is 15.3. The molecule has 0 N–H and O–H groups in total. The molecule has 96 valence electrons. The van der Waals surface area contributed by atoms with E-state index in [-0.39, 0.29) is 0 Å². The van der Waals surface area contributed by atoms with Crippen molar-refractivity contribution in [3.8, 4) is 0 Å². The summed E-state index contributed by atoms with van der Waals surface area (Å²) in [6.45, 7) is 6.39. The van der Waals surface area contributed by atoms with Crippen LogP contribution in [0.1, 0.15) is 20.3 Å². The lowest BCUT2D eigenvalue weighted by Crippen LogP contribution is -2.32. The molecule has 0 atom stereocenters. The summed E-state index contributed by atoms with van der Waals surface area (Å²) in [5.41, 5.74) is 1.28. The van der Waals surface area contributed by atoms with Crippen molar-refractivity contribution in [2.24, 2.45) is 0 Å². The van der Waals surface area contributed by atoms with Crippen LogP contribution in [-0.2, 0) is 6.54 Å². The van der Waals surface area contributed by atoms with Crippen molar-refractivity contribution in [2.45, 2.75) is 32.9 Å². The maximum Gasteiger partial charge on any atom is 0.137 e. The fourth-order valence-electron chi connectivity index (χ4n) is 2.06. The Morgan fingerprint density at radius 3 is 2.61 bits per heavy atom. The fraction of sp³-hybridized carbons (Fsp3) is 0.429. The molecule has 1 heterocycles. The van der Waals surface area contributed by atoms with Gasteiger partial charge in [0.1, 0.15) is 12.7 Å². The number of anilines is 1. The van der Waals surface area contributed by atoms with Gasteiger partial charge in [-0.3, -0.25) is 4.68 Å². The summed E-state index contributed by atoms with van der Waals surface area (Å²) in [5.74, 6) is 0. The van der Waals surface area contributed by atoms with Gasteiger partial charge in [0.25, 0.3) is 0 Å². The Hall–Kier alpha value is -1.84. The van der Waals surface area contributed by atoms with E-state index in [1.54, 1.807) is 12.7 Å². The van der Waals surface area contributed by atoms with Gasteiger partial charge in [0, 0.05) is 24.8 Å². The number of rotatable bonds is 6. The molecule has 4 nitrogen and oxygen atoms in total. The summed E-state index contributed by atoms with van der Waals surface area (Å²) in [6.07, 6.45) is 4.41. The Labute approximate surface area is 108 Å². The maximum atomic E-state index is 4.12. The van der Waals surface area contributed by atoms with Crippen LogP contribution < -0.4 is 4.90 Å². The van der Waals surface area contributed by atoms with Crippen molar-refractivity contribution in [1.82, 2.24) is 14.8 Å². The van der Waals surface area contributed by atoms with Crippen LogP contribution in [-0.4, -0.2) is 27.4 Å². The normalized spacial score (nSPS) is 10.8. The first-order chi connectivity index (χ1) is 8.77. The molecule has 4 heteroatoms. The first-order valence-corrected chi connectivity index (χ1v) is 6.41. The number of aryl methyl sites for hydroxylation is 1. The molecule has 1 aromatic carbocycles. The first-order valence-electron chi connectivity index (χ1n) is 6.41. The van der Waals surface area contributed by atoms with Gasteiger partial charge in [0.2, 0.25) is 0 Å².